The fraction of sp³-hybridized carbons (Fsp3) is 0.474. The molecule has 1 amide bonds. The lowest BCUT2D eigenvalue weighted by Gasteiger charge is -2.48. The minimum absolute atomic E-state index is 0.0103. The van der Waals surface area contributed by atoms with E-state index in [9.17, 15) is 45.3 Å². The van der Waals surface area contributed by atoms with E-state index in [0.717, 1.165) is 0 Å². The first-order valence-corrected chi connectivity index (χ1v) is 18.4. The van der Waals surface area contributed by atoms with Crippen LogP contribution in [0.2, 0.25) is 0 Å². The second-order valence-corrected chi connectivity index (χ2v) is 14.7. The number of phenols is 1. The Morgan fingerprint density at radius 3 is 2.12 bits per heavy atom. The topological polar surface area (TPSA) is 342 Å². The number of hydrogen-bond donors (Lipinski definition) is 12. The van der Waals surface area contributed by atoms with E-state index in [1.807, 2.05) is 0 Å². The van der Waals surface area contributed by atoms with E-state index in [0.29, 0.717) is 22.1 Å². The summed E-state index contributed by atoms with van der Waals surface area (Å²) in [6.07, 6.45) is -17.7. The molecule has 19 heteroatoms. The molecule has 5 aliphatic rings. The van der Waals surface area contributed by atoms with Crippen LogP contribution in [0.15, 0.2) is 69.9 Å². The van der Waals surface area contributed by atoms with E-state index >= 15 is 0 Å². The molecule has 0 bridgehead atoms. The van der Waals surface area contributed by atoms with Gasteiger partial charge in [-0.1, -0.05) is 18.2 Å². The number of aromatic hydroxyl groups is 1. The van der Waals surface area contributed by atoms with Crippen molar-refractivity contribution in [2.45, 2.75) is 98.2 Å². The molecule has 2 saturated heterocycles. The number of carbonyl (C=O) groups excluding carboxylic acids is 1. The average Bonchev–Trinajstić information content (AvgIpc) is 3.19. The number of carbonyl (C=O) groups is 1. The summed E-state index contributed by atoms with van der Waals surface area (Å²) >= 11 is 0. The Balaban J connectivity index is 1.08. The normalized spacial score (nSPS) is 36.0. The molecular weight excluding hydrogens is 750 g/mol. The van der Waals surface area contributed by atoms with Crippen molar-refractivity contribution in [2.24, 2.45) is 22.9 Å². The number of fused-ring (bicyclic) bond motifs is 2. The fourth-order valence-corrected chi connectivity index (χ4v) is 7.76. The Hall–Kier alpha value is -4.16. The maximum atomic E-state index is 13.9. The zero-order valence-electron chi connectivity index (χ0n) is 30.4. The molecule has 3 fully saturated rings. The lowest BCUT2D eigenvalue weighted by atomic mass is 9.84. The first-order chi connectivity index (χ1) is 27.2. The van der Waals surface area contributed by atoms with E-state index in [-0.39, 0.29) is 47.6 Å². The summed E-state index contributed by atoms with van der Waals surface area (Å²) < 4.78 is 29.3. The molecule has 15 atom stereocenters. The number of nitrogens with two attached hydrogens (primary N) is 4. The van der Waals surface area contributed by atoms with Gasteiger partial charge in [0.25, 0.3) is 5.91 Å². The van der Waals surface area contributed by atoms with Gasteiger partial charge in [0.2, 0.25) is 0 Å². The number of aliphatic hydroxyl groups excluding tert-OH is 6. The standard InChI is InChI=1S/C38H47N5O14/c39-12-24-29(47)31(49)32(50)38(54-24)57-35-21(41)11-20(40)34(33(35)51)56-37-30(48)27(42)28(46)25(55-37)13-43-36(52)17-4-2-1-3-16(17)26-18-7-5-14(44)9-22(18)53-23-10-15(45)6-8-19(23)26/h1-10,20-21,24-25,27-35,37-38,44,46-51H,11-13,39-42H2,(H,43,52)/t20?,21?,24?,25-,27-,28?,29-,30-,31?,32?,33-,34?,35?,37?,38-/m1/s1. The number of ether oxygens (including phenoxy) is 4. The van der Waals surface area contributed by atoms with Gasteiger partial charge in [0.05, 0.1) is 12.1 Å². The van der Waals surface area contributed by atoms with Crippen LogP contribution in [0, 0.1) is 0 Å². The lowest BCUT2D eigenvalue weighted by molar-refractivity contribution is -0.330. The number of hydrogen-bond acceptors (Lipinski definition) is 18. The monoisotopic (exact) mass is 797 g/mol. The molecule has 1 saturated carbocycles. The number of amides is 1. The molecule has 2 aliphatic carbocycles. The average molecular weight is 798 g/mol. The molecular formula is C38H47N5O14. The van der Waals surface area contributed by atoms with E-state index in [4.69, 9.17) is 46.3 Å². The molecule has 3 heterocycles. The first kappa shape index (κ1) is 41.0. The third kappa shape index (κ3) is 7.88. The zero-order valence-corrected chi connectivity index (χ0v) is 30.4. The van der Waals surface area contributed by atoms with Gasteiger partial charge in [0.15, 0.2) is 18.0 Å². The molecule has 2 aromatic rings. The van der Waals surface area contributed by atoms with Crippen LogP contribution in [0.5, 0.6) is 5.75 Å². The summed E-state index contributed by atoms with van der Waals surface area (Å²) in [6.45, 7) is -0.539. The van der Waals surface area contributed by atoms with E-state index in [2.05, 4.69) is 5.32 Å². The molecule has 16 N–H and O–H groups in total. The SMILES string of the molecule is NCC1O[C@H](OC2C(N)CC(N)C(OC3O[C@H](CNC(=O)c4ccccc4-c4c5ccc(=O)cc-5oc5cc(O)ccc45)C(O)[C@@H](N)[C@H]3O)[C@H]2O)C(O)C(O)[C@@H]1O. The molecule has 0 spiro atoms. The molecule has 2 aromatic carbocycles. The zero-order chi connectivity index (χ0) is 40.9. The summed E-state index contributed by atoms with van der Waals surface area (Å²) in [4.78, 5) is 26.1. The van der Waals surface area contributed by atoms with Crippen LogP contribution in [0.3, 0.4) is 0 Å². The van der Waals surface area contributed by atoms with E-state index < -0.39 is 97.7 Å². The van der Waals surface area contributed by atoms with Crippen LogP contribution in [-0.2, 0) is 18.9 Å². The van der Waals surface area contributed by atoms with Gasteiger partial charge in [-0.3, -0.25) is 9.59 Å². The van der Waals surface area contributed by atoms with Gasteiger partial charge in [-0.15, -0.1) is 0 Å². The summed E-state index contributed by atoms with van der Waals surface area (Å²) in [5, 5.41) is 77.9. The highest BCUT2D eigenvalue weighted by molar-refractivity contribution is 6.09. The highest BCUT2D eigenvalue weighted by Gasteiger charge is 2.51. The third-order valence-electron chi connectivity index (χ3n) is 10.9. The third-order valence-corrected chi connectivity index (χ3v) is 10.9. The van der Waals surface area contributed by atoms with Crippen molar-refractivity contribution in [2.75, 3.05) is 13.1 Å². The molecule has 9 unspecified atom stereocenters. The molecule has 7 rings (SSSR count). The lowest BCUT2D eigenvalue weighted by Crippen LogP contribution is -2.68. The van der Waals surface area contributed by atoms with Crippen molar-refractivity contribution in [3.63, 3.8) is 0 Å². The van der Waals surface area contributed by atoms with Gasteiger partial charge in [-0.05, 0) is 42.3 Å². The van der Waals surface area contributed by atoms with Crippen molar-refractivity contribution in [3.8, 4) is 28.2 Å². The van der Waals surface area contributed by atoms with Gasteiger partial charge in [-0.2, -0.15) is 0 Å². The minimum atomic E-state index is -1.73. The maximum Gasteiger partial charge on any atom is 0.252 e. The molecule has 3 aliphatic heterocycles. The Morgan fingerprint density at radius 2 is 1.42 bits per heavy atom. The van der Waals surface area contributed by atoms with E-state index in [1.54, 1.807) is 36.4 Å². The molecule has 57 heavy (non-hydrogen) atoms. The van der Waals surface area contributed by atoms with Crippen LogP contribution in [0.4, 0.5) is 0 Å². The molecule has 19 nitrogen and oxygen atoms in total. The van der Waals surface area contributed by atoms with E-state index in [1.165, 1.54) is 24.3 Å². The first-order valence-electron chi connectivity index (χ1n) is 18.4. The highest BCUT2D eigenvalue weighted by Crippen LogP contribution is 2.42. The van der Waals surface area contributed by atoms with Crippen molar-refractivity contribution in [1.82, 2.24) is 5.32 Å². The van der Waals surface area contributed by atoms with Gasteiger partial charge in [0.1, 0.15) is 72.0 Å². The Labute approximate surface area is 324 Å². The van der Waals surface area contributed by atoms with Gasteiger partial charge in [-0.25, -0.2) is 0 Å². The molecule has 308 valence electrons. The number of nitrogens with one attached hydrogen (secondary N) is 1. The number of aliphatic hydroxyl groups is 6. The maximum absolute atomic E-state index is 13.9. The quantitative estimate of drug-likeness (QED) is 0.0739. The summed E-state index contributed by atoms with van der Waals surface area (Å²) in [6, 6.07) is 12.3. The minimum Gasteiger partial charge on any atom is -0.508 e. The van der Waals surface area contributed by atoms with Crippen molar-refractivity contribution in [3.05, 3.63) is 76.5 Å². The summed E-state index contributed by atoms with van der Waals surface area (Å²) in [7, 11) is 0. The van der Waals surface area contributed by atoms with Crippen LogP contribution < -0.4 is 33.7 Å². The number of phenolic OH excluding ortho intramolecular Hbond substituents is 1. The van der Waals surface area contributed by atoms with Gasteiger partial charge < -0.3 is 87.4 Å². The van der Waals surface area contributed by atoms with Gasteiger partial charge >= 0.3 is 0 Å². The predicted octanol–water partition coefficient (Wildman–Crippen LogP) is -3.27. The van der Waals surface area contributed by atoms with Crippen LogP contribution in [-0.4, -0.2) is 146 Å². The number of benzene rings is 3. The summed E-state index contributed by atoms with van der Waals surface area (Å²) in [5.41, 5.74) is 26.2. The molecule has 0 aromatic heterocycles. The summed E-state index contributed by atoms with van der Waals surface area (Å²) in [5.74, 6) is -0.406. The second kappa shape index (κ2) is 16.6. The second-order valence-electron chi connectivity index (χ2n) is 14.7. The molecule has 0 radical (unpaired) electrons. The van der Waals surface area contributed by atoms with Crippen LogP contribution >= 0.6 is 0 Å². The highest BCUT2D eigenvalue weighted by atomic mass is 16.7. The van der Waals surface area contributed by atoms with Crippen molar-refractivity contribution in [1.29, 1.82) is 0 Å². The smallest absolute Gasteiger partial charge is 0.252 e. The van der Waals surface area contributed by atoms with Gasteiger partial charge in [0, 0.05) is 59.4 Å². The largest absolute Gasteiger partial charge is 0.508 e. The number of rotatable bonds is 9. The Morgan fingerprint density at radius 1 is 0.754 bits per heavy atom. The Bertz CT molecular complexity index is 2090. The predicted molar refractivity (Wildman–Crippen MR) is 199 cm³/mol. The Kier molecular flexibility index (Phi) is 11.9. The van der Waals surface area contributed by atoms with Crippen LogP contribution in [0.25, 0.3) is 33.4 Å². The van der Waals surface area contributed by atoms with Crippen LogP contribution in [0.1, 0.15) is 16.8 Å². The van der Waals surface area contributed by atoms with Crippen molar-refractivity contribution < 1.29 is 63.9 Å². The van der Waals surface area contributed by atoms with Crippen molar-refractivity contribution >= 4 is 16.9 Å². The fourth-order valence-electron chi connectivity index (χ4n) is 7.76.